The summed E-state index contributed by atoms with van der Waals surface area (Å²) in [5.74, 6) is -2.65. The number of aliphatic carboxylic acids is 1. The van der Waals surface area contributed by atoms with Gasteiger partial charge in [0.05, 0.1) is 6.54 Å². The molecule has 0 aromatic rings. The highest BCUT2D eigenvalue weighted by Crippen LogP contribution is 1.99. The van der Waals surface area contributed by atoms with Crippen LogP contribution in [0.3, 0.4) is 0 Å². The number of carboxylic acid groups (broad SMARTS) is 1. The van der Waals surface area contributed by atoms with E-state index in [9.17, 15) is 19.2 Å². The van der Waals surface area contributed by atoms with Crippen LogP contribution >= 0.6 is 0 Å². The minimum atomic E-state index is -1.24. The summed E-state index contributed by atoms with van der Waals surface area (Å²) in [6, 6.07) is -1.87. The molecule has 0 aromatic heterocycles. The maximum atomic E-state index is 11.8. The summed E-state index contributed by atoms with van der Waals surface area (Å²) < 4.78 is 0. The van der Waals surface area contributed by atoms with Crippen molar-refractivity contribution < 1.29 is 24.3 Å². The molecule has 106 valence electrons. The highest BCUT2D eigenvalue weighted by molar-refractivity contribution is 5.89. The minimum Gasteiger partial charge on any atom is -0.480 e. The second kappa shape index (κ2) is 6.69. The number of nitrogens with two attached hydrogens (primary N) is 1. The number of piperazine rings is 1. The number of hydrogen-bond acceptors (Lipinski definition) is 5. The number of amides is 3. The summed E-state index contributed by atoms with van der Waals surface area (Å²) >= 11 is 0. The van der Waals surface area contributed by atoms with Gasteiger partial charge < -0.3 is 21.5 Å². The van der Waals surface area contributed by atoms with E-state index in [0.29, 0.717) is 0 Å². The normalized spacial score (nSPS) is 20.2. The van der Waals surface area contributed by atoms with Crippen LogP contribution in [-0.2, 0) is 19.2 Å². The third-order valence-electron chi connectivity index (χ3n) is 2.62. The lowest BCUT2D eigenvalue weighted by atomic mass is 10.1. The first-order chi connectivity index (χ1) is 8.90. The monoisotopic (exact) mass is 272 g/mol. The molecule has 0 aromatic carbocycles. The molecule has 0 saturated carbocycles. The van der Waals surface area contributed by atoms with Crippen LogP contribution in [0.4, 0.5) is 0 Å². The fourth-order valence-electron chi connectivity index (χ4n) is 1.57. The predicted molar refractivity (Wildman–Crippen MR) is 62.8 cm³/mol. The Morgan fingerprint density at radius 2 is 2.16 bits per heavy atom. The maximum Gasteiger partial charge on any atom is 0.326 e. The summed E-state index contributed by atoms with van der Waals surface area (Å²) in [7, 11) is 0. The second-order valence-corrected chi connectivity index (χ2v) is 4.14. The first-order valence-electron chi connectivity index (χ1n) is 5.71. The van der Waals surface area contributed by atoms with E-state index in [0.717, 1.165) is 0 Å². The number of nitrogens with one attached hydrogen (secondary N) is 3. The van der Waals surface area contributed by atoms with Crippen molar-refractivity contribution in [3.8, 4) is 0 Å². The van der Waals surface area contributed by atoms with Crippen molar-refractivity contribution >= 4 is 23.7 Å². The van der Waals surface area contributed by atoms with E-state index < -0.39 is 29.9 Å². The molecular weight excluding hydrogens is 256 g/mol. The molecule has 3 amide bonds. The molecule has 2 atom stereocenters. The van der Waals surface area contributed by atoms with Crippen LogP contribution < -0.4 is 21.7 Å². The number of carboxylic acids is 1. The van der Waals surface area contributed by atoms with Crippen LogP contribution in [0.2, 0.25) is 0 Å². The van der Waals surface area contributed by atoms with Crippen LogP contribution in [-0.4, -0.2) is 54.0 Å². The molecule has 1 saturated heterocycles. The largest absolute Gasteiger partial charge is 0.480 e. The van der Waals surface area contributed by atoms with Crippen LogP contribution in [0.25, 0.3) is 0 Å². The van der Waals surface area contributed by atoms with Crippen molar-refractivity contribution in [2.75, 3.05) is 13.1 Å². The number of primary amides is 1. The van der Waals surface area contributed by atoms with E-state index in [1.165, 1.54) is 0 Å². The van der Waals surface area contributed by atoms with Crippen molar-refractivity contribution in [3.63, 3.8) is 0 Å². The van der Waals surface area contributed by atoms with Gasteiger partial charge in [-0.2, -0.15) is 0 Å². The second-order valence-electron chi connectivity index (χ2n) is 4.14. The van der Waals surface area contributed by atoms with Crippen molar-refractivity contribution in [2.24, 2.45) is 5.73 Å². The summed E-state index contributed by atoms with van der Waals surface area (Å²) in [5, 5.41) is 16.4. The predicted octanol–water partition coefficient (Wildman–Crippen LogP) is -3.09. The average Bonchev–Trinajstić information content (AvgIpc) is 2.34. The third kappa shape index (κ3) is 4.92. The summed E-state index contributed by atoms with van der Waals surface area (Å²) in [4.78, 5) is 44.2. The van der Waals surface area contributed by atoms with E-state index in [2.05, 4.69) is 16.0 Å². The Hall–Kier alpha value is -2.16. The Labute approximate surface area is 108 Å². The molecule has 9 nitrogen and oxygen atoms in total. The van der Waals surface area contributed by atoms with Gasteiger partial charge >= 0.3 is 5.97 Å². The minimum absolute atomic E-state index is 0.00287. The molecule has 1 rings (SSSR count). The van der Waals surface area contributed by atoms with Gasteiger partial charge in [0.25, 0.3) is 0 Å². The smallest absolute Gasteiger partial charge is 0.326 e. The molecule has 6 N–H and O–H groups in total. The molecule has 1 aliphatic heterocycles. The molecular formula is C10H16N4O5. The number of carbonyl (C=O) groups is 4. The Balaban J connectivity index is 2.49. The van der Waals surface area contributed by atoms with Gasteiger partial charge in [-0.1, -0.05) is 0 Å². The van der Waals surface area contributed by atoms with Crippen LogP contribution in [0.15, 0.2) is 0 Å². The number of carbonyl (C=O) groups excluding carboxylic acids is 3. The van der Waals surface area contributed by atoms with Gasteiger partial charge in [-0.15, -0.1) is 0 Å². The Morgan fingerprint density at radius 1 is 1.47 bits per heavy atom. The van der Waals surface area contributed by atoms with E-state index in [1.54, 1.807) is 0 Å². The van der Waals surface area contributed by atoms with Crippen LogP contribution in [0.5, 0.6) is 0 Å². The Morgan fingerprint density at radius 3 is 2.63 bits per heavy atom. The zero-order valence-corrected chi connectivity index (χ0v) is 10.1. The number of rotatable bonds is 6. The molecule has 0 bridgehead atoms. The Kier molecular flexibility index (Phi) is 5.24. The molecule has 0 spiro atoms. The average molecular weight is 272 g/mol. The molecule has 9 heteroatoms. The van der Waals surface area contributed by atoms with Crippen LogP contribution in [0.1, 0.15) is 12.8 Å². The number of hydrogen-bond donors (Lipinski definition) is 5. The van der Waals surface area contributed by atoms with E-state index in [1.807, 2.05) is 0 Å². The third-order valence-corrected chi connectivity index (χ3v) is 2.62. The Bertz CT molecular complexity index is 387. The lowest BCUT2D eigenvalue weighted by molar-refractivity contribution is -0.142. The van der Waals surface area contributed by atoms with Gasteiger partial charge in [-0.25, -0.2) is 4.79 Å². The lowest BCUT2D eigenvalue weighted by Gasteiger charge is -2.24. The van der Waals surface area contributed by atoms with Crippen molar-refractivity contribution in [2.45, 2.75) is 24.9 Å². The lowest BCUT2D eigenvalue weighted by Crippen LogP contribution is -2.59. The molecule has 1 unspecified atom stereocenters. The molecule has 0 radical (unpaired) electrons. The van der Waals surface area contributed by atoms with Gasteiger partial charge in [0.15, 0.2) is 0 Å². The summed E-state index contributed by atoms with van der Waals surface area (Å²) in [6.07, 6.45) is -0.207. The van der Waals surface area contributed by atoms with Crippen molar-refractivity contribution in [1.82, 2.24) is 16.0 Å². The molecule has 19 heavy (non-hydrogen) atoms. The highest BCUT2D eigenvalue weighted by atomic mass is 16.4. The first-order valence-corrected chi connectivity index (χ1v) is 5.71. The maximum absolute atomic E-state index is 11.8. The van der Waals surface area contributed by atoms with E-state index >= 15 is 0 Å². The molecule has 1 aliphatic rings. The topological polar surface area (TPSA) is 151 Å². The van der Waals surface area contributed by atoms with Gasteiger partial charge in [0.1, 0.15) is 12.1 Å². The fourth-order valence-corrected chi connectivity index (χ4v) is 1.57. The van der Waals surface area contributed by atoms with Gasteiger partial charge in [-0.3, -0.25) is 19.7 Å². The molecule has 1 heterocycles. The van der Waals surface area contributed by atoms with Gasteiger partial charge in [0, 0.05) is 13.0 Å². The molecule has 1 fully saturated rings. The van der Waals surface area contributed by atoms with E-state index in [4.69, 9.17) is 10.8 Å². The quantitative estimate of drug-likeness (QED) is 0.346. The van der Waals surface area contributed by atoms with Gasteiger partial charge in [-0.05, 0) is 6.42 Å². The summed E-state index contributed by atoms with van der Waals surface area (Å²) in [5.41, 5.74) is 4.93. The van der Waals surface area contributed by atoms with Crippen molar-refractivity contribution in [1.29, 1.82) is 0 Å². The summed E-state index contributed by atoms with van der Waals surface area (Å²) in [6.45, 7) is 0.0872. The zero-order chi connectivity index (χ0) is 14.4. The van der Waals surface area contributed by atoms with E-state index in [-0.39, 0.29) is 31.8 Å². The first kappa shape index (κ1) is 14.9. The SMILES string of the molecule is NC(=O)CC[C@H](NC(=O)C1CNC(=O)CN1)C(=O)O. The van der Waals surface area contributed by atoms with Crippen molar-refractivity contribution in [3.05, 3.63) is 0 Å². The standard InChI is InChI=1S/C10H16N4O5/c11-7(15)2-1-5(10(18)19)14-9(17)6-3-13-8(16)4-12-6/h5-6,12H,1-4H2,(H2,11,15)(H,13,16)(H,14,17)(H,18,19)/t5-,6?/m0/s1. The highest BCUT2D eigenvalue weighted by Gasteiger charge is 2.27. The molecule has 0 aliphatic carbocycles. The van der Waals surface area contributed by atoms with Gasteiger partial charge in [0.2, 0.25) is 17.7 Å². The van der Waals surface area contributed by atoms with Crippen LogP contribution in [0, 0.1) is 0 Å². The fraction of sp³-hybridized carbons (Fsp3) is 0.600. The zero-order valence-electron chi connectivity index (χ0n) is 10.1.